The van der Waals surface area contributed by atoms with E-state index in [4.69, 9.17) is 9.47 Å². The van der Waals surface area contributed by atoms with E-state index in [9.17, 15) is 4.79 Å². The lowest BCUT2D eigenvalue weighted by Crippen LogP contribution is -2.36. The molecule has 6 nitrogen and oxygen atoms in total. The van der Waals surface area contributed by atoms with Crippen LogP contribution in [0.2, 0.25) is 0 Å². The summed E-state index contributed by atoms with van der Waals surface area (Å²) in [4.78, 5) is 14.2. The molecular weight excluding hydrogens is 306 g/mol. The second-order valence-electron chi connectivity index (χ2n) is 5.79. The van der Waals surface area contributed by atoms with Crippen LogP contribution in [0.5, 0.6) is 11.5 Å². The van der Waals surface area contributed by atoms with E-state index in [1.807, 2.05) is 32.3 Å². The van der Waals surface area contributed by atoms with Crippen LogP contribution in [0.25, 0.3) is 0 Å². The number of hydrogen-bond donors (Lipinski definition) is 2. The molecule has 0 fully saturated rings. The molecule has 0 saturated heterocycles. The van der Waals surface area contributed by atoms with Gasteiger partial charge >= 0.3 is 6.03 Å². The first-order chi connectivity index (χ1) is 11.6. The second kappa shape index (κ2) is 7.23. The summed E-state index contributed by atoms with van der Waals surface area (Å²) in [5.74, 6) is 1.33. The standard InChI is InChI=1S/C18H21N3O3/c1-21(2)15(13-6-4-3-5-7-13)11-19-18(22)20-14-8-9-16-17(10-14)24-12-23-16/h3-10,15H,11-12H2,1-2H3,(H2,19,20,22)/t15-/m1/s1. The van der Waals surface area contributed by atoms with Gasteiger partial charge in [0.25, 0.3) is 0 Å². The first-order valence-electron chi connectivity index (χ1n) is 7.79. The number of benzene rings is 2. The number of nitrogens with zero attached hydrogens (tertiary/aromatic N) is 1. The fraction of sp³-hybridized carbons (Fsp3) is 0.278. The SMILES string of the molecule is CN(C)[C@H](CNC(=O)Nc1ccc2c(c1)OCO2)c1ccccc1. The van der Waals surface area contributed by atoms with Crippen molar-refractivity contribution in [3.63, 3.8) is 0 Å². The zero-order valence-electron chi connectivity index (χ0n) is 13.8. The first kappa shape index (κ1) is 16.1. The summed E-state index contributed by atoms with van der Waals surface area (Å²) in [7, 11) is 3.99. The minimum absolute atomic E-state index is 0.105. The number of anilines is 1. The molecule has 2 amide bonds. The third kappa shape index (κ3) is 3.78. The van der Waals surface area contributed by atoms with Crippen molar-refractivity contribution in [2.45, 2.75) is 6.04 Å². The van der Waals surface area contributed by atoms with Crippen LogP contribution in [-0.2, 0) is 0 Å². The van der Waals surface area contributed by atoms with Crippen LogP contribution >= 0.6 is 0 Å². The molecule has 2 aromatic rings. The number of fused-ring (bicyclic) bond motifs is 1. The van der Waals surface area contributed by atoms with Crippen LogP contribution in [0, 0.1) is 0 Å². The Kier molecular flexibility index (Phi) is 4.86. The van der Waals surface area contributed by atoms with Crippen molar-refractivity contribution in [3.8, 4) is 11.5 Å². The average molecular weight is 327 g/mol. The van der Waals surface area contributed by atoms with Gasteiger partial charge in [-0.15, -0.1) is 0 Å². The van der Waals surface area contributed by atoms with Gasteiger partial charge in [-0.2, -0.15) is 0 Å². The molecule has 0 unspecified atom stereocenters. The van der Waals surface area contributed by atoms with Gasteiger partial charge < -0.3 is 25.0 Å². The minimum Gasteiger partial charge on any atom is -0.454 e. The van der Waals surface area contributed by atoms with Crippen LogP contribution in [0.1, 0.15) is 11.6 Å². The molecule has 2 N–H and O–H groups in total. The van der Waals surface area contributed by atoms with Crippen molar-refractivity contribution < 1.29 is 14.3 Å². The predicted molar refractivity (Wildman–Crippen MR) is 92.5 cm³/mol. The molecule has 0 radical (unpaired) electrons. The fourth-order valence-corrected chi connectivity index (χ4v) is 2.61. The minimum atomic E-state index is -0.253. The topological polar surface area (TPSA) is 62.8 Å². The van der Waals surface area contributed by atoms with E-state index in [2.05, 4.69) is 27.7 Å². The summed E-state index contributed by atoms with van der Waals surface area (Å²) in [6.07, 6.45) is 0. The van der Waals surface area contributed by atoms with Crippen LogP contribution in [-0.4, -0.2) is 38.4 Å². The van der Waals surface area contributed by atoms with Gasteiger partial charge in [-0.3, -0.25) is 0 Å². The molecule has 0 spiro atoms. The van der Waals surface area contributed by atoms with Crippen molar-refractivity contribution in [2.75, 3.05) is 32.7 Å². The Labute approximate surface area is 141 Å². The molecule has 24 heavy (non-hydrogen) atoms. The highest BCUT2D eigenvalue weighted by Gasteiger charge is 2.16. The number of ether oxygens (including phenoxy) is 2. The molecule has 3 rings (SSSR count). The molecule has 0 bridgehead atoms. The van der Waals surface area contributed by atoms with E-state index < -0.39 is 0 Å². The maximum atomic E-state index is 12.2. The van der Waals surface area contributed by atoms with Crippen molar-refractivity contribution in [3.05, 3.63) is 54.1 Å². The monoisotopic (exact) mass is 327 g/mol. The van der Waals surface area contributed by atoms with Crippen LogP contribution in [0.15, 0.2) is 48.5 Å². The average Bonchev–Trinajstić information content (AvgIpc) is 3.03. The maximum absolute atomic E-state index is 12.2. The quantitative estimate of drug-likeness (QED) is 0.886. The summed E-state index contributed by atoms with van der Waals surface area (Å²) in [5.41, 5.74) is 1.82. The number of carbonyl (C=O) groups excluding carboxylic acids is 1. The third-order valence-corrected chi connectivity index (χ3v) is 3.89. The van der Waals surface area contributed by atoms with E-state index in [0.717, 1.165) is 5.56 Å². The third-order valence-electron chi connectivity index (χ3n) is 3.89. The maximum Gasteiger partial charge on any atom is 0.319 e. The van der Waals surface area contributed by atoms with E-state index in [0.29, 0.717) is 23.7 Å². The van der Waals surface area contributed by atoms with Crippen molar-refractivity contribution >= 4 is 11.7 Å². The molecule has 0 aromatic heterocycles. The van der Waals surface area contributed by atoms with Gasteiger partial charge in [0.2, 0.25) is 6.79 Å². The summed E-state index contributed by atoms with van der Waals surface area (Å²) >= 11 is 0. The number of amides is 2. The van der Waals surface area contributed by atoms with Crippen molar-refractivity contribution in [1.29, 1.82) is 0 Å². The van der Waals surface area contributed by atoms with Crippen molar-refractivity contribution in [1.82, 2.24) is 10.2 Å². The van der Waals surface area contributed by atoms with Gasteiger partial charge in [0.1, 0.15) is 0 Å². The van der Waals surface area contributed by atoms with Crippen LogP contribution < -0.4 is 20.1 Å². The number of nitrogens with one attached hydrogen (secondary N) is 2. The highest BCUT2D eigenvalue weighted by Crippen LogP contribution is 2.34. The van der Waals surface area contributed by atoms with Gasteiger partial charge in [-0.25, -0.2) is 4.79 Å². The molecule has 2 aromatic carbocycles. The largest absolute Gasteiger partial charge is 0.454 e. The lowest BCUT2D eigenvalue weighted by molar-refractivity contribution is 0.174. The molecule has 1 atom stereocenters. The Morgan fingerprint density at radius 2 is 1.88 bits per heavy atom. The van der Waals surface area contributed by atoms with Gasteiger partial charge in [-0.05, 0) is 31.8 Å². The second-order valence-corrected chi connectivity index (χ2v) is 5.79. The number of urea groups is 1. The molecule has 0 aliphatic carbocycles. The van der Waals surface area contributed by atoms with Gasteiger partial charge in [-0.1, -0.05) is 30.3 Å². The molecule has 1 aliphatic heterocycles. The van der Waals surface area contributed by atoms with Gasteiger partial charge in [0.05, 0.1) is 6.04 Å². The Morgan fingerprint density at radius 3 is 2.62 bits per heavy atom. The smallest absolute Gasteiger partial charge is 0.319 e. The first-order valence-corrected chi connectivity index (χ1v) is 7.79. The molecule has 1 aliphatic rings. The molecule has 126 valence electrons. The zero-order valence-corrected chi connectivity index (χ0v) is 13.8. The summed E-state index contributed by atoms with van der Waals surface area (Å²) in [6, 6.07) is 15.3. The van der Waals surface area contributed by atoms with E-state index in [-0.39, 0.29) is 18.9 Å². The number of likely N-dealkylation sites (N-methyl/N-ethyl adjacent to an activating group) is 1. The molecule has 6 heteroatoms. The summed E-state index contributed by atoms with van der Waals surface area (Å²) < 4.78 is 10.6. The molecule has 1 heterocycles. The van der Waals surface area contributed by atoms with Crippen LogP contribution in [0.3, 0.4) is 0 Å². The number of hydrogen-bond acceptors (Lipinski definition) is 4. The van der Waals surface area contributed by atoms with Gasteiger partial charge in [0, 0.05) is 18.3 Å². The van der Waals surface area contributed by atoms with E-state index in [1.54, 1.807) is 18.2 Å². The Bertz CT molecular complexity index is 704. The molecular formula is C18H21N3O3. The van der Waals surface area contributed by atoms with E-state index >= 15 is 0 Å². The normalized spacial score (nSPS) is 13.6. The van der Waals surface area contributed by atoms with Crippen molar-refractivity contribution in [2.24, 2.45) is 0 Å². The Morgan fingerprint density at radius 1 is 1.12 bits per heavy atom. The fourth-order valence-electron chi connectivity index (χ4n) is 2.61. The number of carbonyl (C=O) groups is 1. The Hall–Kier alpha value is -2.73. The van der Waals surface area contributed by atoms with Crippen LogP contribution in [0.4, 0.5) is 10.5 Å². The zero-order chi connectivity index (χ0) is 16.9. The predicted octanol–water partition coefficient (Wildman–Crippen LogP) is 2.84. The molecule has 0 saturated carbocycles. The summed E-state index contributed by atoms with van der Waals surface area (Å²) in [5, 5.41) is 5.73. The lowest BCUT2D eigenvalue weighted by atomic mass is 10.1. The lowest BCUT2D eigenvalue weighted by Gasteiger charge is -2.25. The highest BCUT2D eigenvalue weighted by atomic mass is 16.7. The summed E-state index contributed by atoms with van der Waals surface area (Å²) in [6.45, 7) is 0.722. The van der Waals surface area contributed by atoms with Gasteiger partial charge in [0.15, 0.2) is 11.5 Å². The van der Waals surface area contributed by atoms with E-state index in [1.165, 1.54) is 0 Å². The highest BCUT2D eigenvalue weighted by molar-refractivity contribution is 5.89. The number of rotatable bonds is 5. The Balaban J connectivity index is 1.58.